The van der Waals surface area contributed by atoms with Crippen LogP contribution in [0.3, 0.4) is 0 Å². The van der Waals surface area contributed by atoms with Crippen LogP contribution in [0, 0.1) is 46.3 Å². The van der Waals surface area contributed by atoms with E-state index in [9.17, 15) is 0 Å². The second kappa shape index (κ2) is 8.33. The summed E-state index contributed by atoms with van der Waals surface area (Å²) in [5, 5.41) is 0. The highest BCUT2D eigenvalue weighted by Gasteiger charge is 2.59. The van der Waals surface area contributed by atoms with Gasteiger partial charge in [-0.3, -0.25) is 0 Å². The molecule has 166 valence electrons. The van der Waals surface area contributed by atoms with Crippen LogP contribution in [0.25, 0.3) is 0 Å². The minimum absolute atomic E-state index is 0.472. The van der Waals surface area contributed by atoms with Crippen molar-refractivity contribution in [1.82, 2.24) is 0 Å². The van der Waals surface area contributed by atoms with Crippen LogP contribution in [-0.2, 0) is 4.74 Å². The van der Waals surface area contributed by atoms with E-state index >= 15 is 0 Å². The first-order valence-corrected chi connectivity index (χ1v) is 13.0. The van der Waals surface area contributed by atoms with Gasteiger partial charge in [0.2, 0.25) is 0 Å². The molecule has 0 N–H and O–H groups in total. The molecule has 0 aromatic rings. The average molecular weight is 401 g/mol. The van der Waals surface area contributed by atoms with Gasteiger partial charge in [0.25, 0.3) is 0 Å². The maximum absolute atomic E-state index is 5.75. The molecule has 0 radical (unpaired) electrons. The van der Waals surface area contributed by atoms with Crippen molar-refractivity contribution in [3.8, 4) is 0 Å². The van der Waals surface area contributed by atoms with Crippen molar-refractivity contribution < 1.29 is 4.74 Å². The van der Waals surface area contributed by atoms with Gasteiger partial charge in [0.15, 0.2) is 0 Å². The van der Waals surface area contributed by atoms with Crippen LogP contribution in [-0.4, -0.2) is 13.2 Å². The quantitative estimate of drug-likeness (QED) is 0.410. The molecule has 3 fully saturated rings. The number of rotatable bonds is 6. The monoisotopic (exact) mass is 400 g/mol. The maximum Gasteiger partial charge on any atom is 0.0608 e. The summed E-state index contributed by atoms with van der Waals surface area (Å²) in [5.41, 5.74) is 2.85. The van der Waals surface area contributed by atoms with Gasteiger partial charge in [-0.15, -0.1) is 0 Å². The number of allylic oxidation sites excluding steroid dienone is 1. The molecule has 1 heteroatoms. The van der Waals surface area contributed by atoms with E-state index in [1.807, 2.05) is 7.11 Å². The minimum Gasteiger partial charge on any atom is -0.381 e. The van der Waals surface area contributed by atoms with E-state index in [0.717, 1.165) is 35.5 Å². The Bertz CT molecular complexity index is 605. The molecule has 0 amide bonds. The van der Waals surface area contributed by atoms with Crippen molar-refractivity contribution in [3.05, 3.63) is 11.6 Å². The Morgan fingerprint density at radius 3 is 2.52 bits per heavy atom. The van der Waals surface area contributed by atoms with Crippen LogP contribution in [0.5, 0.6) is 0 Å². The first-order valence-electron chi connectivity index (χ1n) is 13.0. The molecular formula is C28H48O. The van der Waals surface area contributed by atoms with Crippen molar-refractivity contribution >= 4 is 0 Å². The van der Waals surface area contributed by atoms with Crippen LogP contribution in [0.2, 0.25) is 0 Å². The Balaban J connectivity index is 1.48. The average Bonchev–Trinajstić information content (AvgIpc) is 3.04. The maximum atomic E-state index is 5.75. The molecule has 3 saturated carbocycles. The summed E-state index contributed by atoms with van der Waals surface area (Å²) in [5.74, 6) is 5.63. The van der Waals surface area contributed by atoms with Crippen molar-refractivity contribution in [3.63, 3.8) is 0 Å². The Kier molecular flexibility index (Phi) is 6.29. The Morgan fingerprint density at radius 1 is 1.00 bits per heavy atom. The summed E-state index contributed by atoms with van der Waals surface area (Å²) >= 11 is 0. The summed E-state index contributed by atoms with van der Waals surface area (Å²) in [6.45, 7) is 12.7. The van der Waals surface area contributed by atoms with Crippen LogP contribution in [0.4, 0.5) is 0 Å². The third-order valence-corrected chi connectivity index (χ3v) is 10.6. The minimum atomic E-state index is 0.472. The van der Waals surface area contributed by atoms with E-state index < -0.39 is 0 Å². The molecule has 4 rings (SSSR count). The third-order valence-electron chi connectivity index (χ3n) is 10.6. The van der Waals surface area contributed by atoms with Gasteiger partial charge < -0.3 is 4.74 Å². The number of hydrogen-bond donors (Lipinski definition) is 0. The summed E-state index contributed by atoms with van der Waals surface area (Å²) in [4.78, 5) is 0. The highest BCUT2D eigenvalue weighted by molar-refractivity contribution is 5.25. The van der Waals surface area contributed by atoms with Gasteiger partial charge in [0, 0.05) is 7.11 Å². The van der Waals surface area contributed by atoms with E-state index in [1.54, 1.807) is 5.57 Å². The molecule has 0 saturated heterocycles. The lowest BCUT2D eigenvalue weighted by Gasteiger charge is -2.58. The van der Waals surface area contributed by atoms with Crippen LogP contribution in [0.15, 0.2) is 11.6 Å². The first-order chi connectivity index (χ1) is 13.8. The predicted octanol–water partition coefficient (Wildman–Crippen LogP) is 8.04. The fourth-order valence-corrected chi connectivity index (χ4v) is 8.85. The van der Waals surface area contributed by atoms with Crippen molar-refractivity contribution in [2.24, 2.45) is 46.3 Å². The van der Waals surface area contributed by atoms with E-state index in [1.165, 1.54) is 70.6 Å². The van der Waals surface area contributed by atoms with E-state index in [2.05, 4.69) is 40.7 Å². The van der Waals surface area contributed by atoms with Gasteiger partial charge in [-0.25, -0.2) is 0 Å². The van der Waals surface area contributed by atoms with Gasteiger partial charge in [-0.05, 0) is 97.7 Å². The molecule has 29 heavy (non-hydrogen) atoms. The van der Waals surface area contributed by atoms with Crippen LogP contribution in [0.1, 0.15) is 105 Å². The van der Waals surface area contributed by atoms with Gasteiger partial charge in [-0.1, -0.05) is 65.5 Å². The molecule has 0 spiro atoms. The molecule has 0 aromatic heterocycles. The topological polar surface area (TPSA) is 9.23 Å². The van der Waals surface area contributed by atoms with Crippen molar-refractivity contribution in [1.29, 1.82) is 0 Å². The van der Waals surface area contributed by atoms with Crippen LogP contribution < -0.4 is 0 Å². The number of fused-ring (bicyclic) bond motifs is 5. The Labute approximate surface area is 181 Å². The Morgan fingerprint density at radius 2 is 1.79 bits per heavy atom. The van der Waals surface area contributed by atoms with Gasteiger partial charge in [0.1, 0.15) is 0 Å². The van der Waals surface area contributed by atoms with E-state index in [0.29, 0.717) is 16.9 Å². The Hall–Kier alpha value is -0.300. The van der Waals surface area contributed by atoms with E-state index in [4.69, 9.17) is 4.74 Å². The zero-order chi connectivity index (χ0) is 20.8. The number of ether oxygens (including phenoxy) is 1. The smallest absolute Gasteiger partial charge is 0.0608 e. The van der Waals surface area contributed by atoms with E-state index in [-0.39, 0.29) is 0 Å². The van der Waals surface area contributed by atoms with Crippen LogP contribution >= 0.6 is 0 Å². The van der Waals surface area contributed by atoms with Crippen molar-refractivity contribution in [2.75, 3.05) is 7.11 Å². The summed E-state index contributed by atoms with van der Waals surface area (Å²) in [6.07, 6.45) is 18.7. The SMILES string of the molecule is CO[C@H]1CC[C@@]2(C)C(=CC[C@H]3[C@H]4CC[C@@H]([C@@H](C)CCCC(C)C)[C@@]4(C)CC[C@H]32)C1. The lowest BCUT2D eigenvalue weighted by molar-refractivity contribution is -0.0601. The predicted molar refractivity (Wildman–Crippen MR) is 124 cm³/mol. The molecule has 0 aromatic carbocycles. The lowest BCUT2D eigenvalue weighted by Crippen LogP contribution is -2.50. The van der Waals surface area contributed by atoms with Crippen molar-refractivity contribution in [2.45, 2.75) is 111 Å². The molecule has 0 unspecified atom stereocenters. The molecule has 0 bridgehead atoms. The molecule has 8 atom stereocenters. The molecule has 0 aliphatic heterocycles. The normalized spacial score (nSPS) is 45.3. The number of hydrogen-bond acceptors (Lipinski definition) is 1. The molecule has 4 aliphatic carbocycles. The fourth-order valence-electron chi connectivity index (χ4n) is 8.85. The molecular weight excluding hydrogens is 352 g/mol. The second-order valence-corrected chi connectivity index (χ2v) is 12.4. The standard InChI is InChI=1S/C28H48O/c1-19(2)8-7-9-20(3)24-12-13-25-23-11-10-21-18-22(29-6)14-16-27(21,4)26(23)15-17-28(24,25)5/h10,19-20,22-26H,7-9,11-18H2,1-6H3/t20-,22-,23-,24-,25+,26+,27-,28+/m0/s1. The zero-order valence-electron chi connectivity index (χ0n) is 20.3. The summed E-state index contributed by atoms with van der Waals surface area (Å²) in [7, 11) is 1.91. The second-order valence-electron chi connectivity index (χ2n) is 12.4. The molecule has 4 aliphatic rings. The fraction of sp³-hybridized carbons (Fsp3) is 0.929. The highest BCUT2D eigenvalue weighted by Crippen LogP contribution is 2.67. The van der Waals surface area contributed by atoms with Gasteiger partial charge in [-0.2, -0.15) is 0 Å². The summed E-state index contributed by atoms with van der Waals surface area (Å²) in [6, 6.07) is 0. The first kappa shape index (κ1) is 21.9. The van der Waals surface area contributed by atoms with Gasteiger partial charge in [0.05, 0.1) is 6.10 Å². The third kappa shape index (κ3) is 3.77. The molecule has 1 nitrogen and oxygen atoms in total. The highest BCUT2D eigenvalue weighted by atomic mass is 16.5. The molecule has 0 heterocycles. The summed E-state index contributed by atoms with van der Waals surface area (Å²) < 4.78 is 5.75. The van der Waals surface area contributed by atoms with Gasteiger partial charge >= 0.3 is 0 Å². The number of methoxy groups -OCH3 is 1. The largest absolute Gasteiger partial charge is 0.381 e. The lowest BCUT2D eigenvalue weighted by atomic mass is 9.47. The zero-order valence-corrected chi connectivity index (χ0v) is 20.3.